The summed E-state index contributed by atoms with van der Waals surface area (Å²) in [5.41, 5.74) is 1.75. The number of hydrogen-bond donors (Lipinski definition) is 2. The molecule has 0 aliphatic rings. The number of carbonyl (C=O) groups excluding carboxylic acids is 1. The number of aryl methyl sites for hydroxylation is 1. The van der Waals surface area contributed by atoms with Crippen molar-refractivity contribution >= 4 is 38.9 Å². The van der Waals surface area contributed by atoms with E-state index in [0.29, 0.717) is 22.1 Å². The molecular formula is C22H21ClN2O4S. The fourth-order valence-electron chi connectivity index (χ4n) is 2.66. The van der Waals surface area contributed by atoms with Crippen molar-refractivity contribution < 1.29 is 17.9 Å². The zero-order chi connectivity index (χ0) is 21.7. The molecule has 0 spiro atoms. The molecule has 6 nitrogen and oxygen atoms in total. The van der Waals surface area contributed by atoms with E-state index >= 15 is 0 Å². The number of nitrogens with one attached hydrogen (secondary N) is 2. The van der Waals surface area contributed by atoms with Gasteiger partial charge >= 0.3 is 0 Å². The second-order valence-corrected chi connectivity index (χ2v) is 8.77. The van der Waals surface area contributed by atoms with E-state index in [-0.39, 0.29) is 10.8 Å². The SMILES string of the molecule is Cc1ccccc1O[C@@H](C)C(=O)Nc1ccc(S(=O)(=O)Nc2cccc(Cl)c2)cc1. The van der Waals surface area contributed by atoms with Crippen molar-refractivity contribution in [1.82, 2.24) is 0 Å². The van der Waals surface area contributed by atoms with Crippen LogP contribution in [0.5, 0.6) is 5.75 Å². The summed E-state index contributed by atoms with van der Waals surface area (Å²) in [4.78, 5) is 12.5. The summed E-state index contributed by atoms with van der Waals surface area (Å²) in [6, 6.07) is 19.7. The van der Waals surface area contributed by atoms with Gasteiger partial charge in [0.05, 0.1) is 10.6 Å². The van der Waals surface area contributed by atoms with Crippen LogP contribution >= 0.6 is 11.6 Å². The number of amides is 1. The number of carbonyl (C=O) groups is 1. The average molecular weight is 445 g/mol. The van der Waals surface area contributed by atoms with E-state index in [0.717, 1.165) is 5.56 Å². The van der Waals surface area contributed by atoms with Crippen LogP contribution in [0.3, 0.4) is 0 Å². The van der Waals surface area contributed by atoms with Gasteiger partial charge in [0.1, 0.15) is 5.75 Å². The molecule has 30 heavy (non-hydrogen) atoms. The van der Waals surface area contributed by atoms with Crippen LogP contribution in [-0.4, -0.2) is 20.4 Å². The van der Waals surface area contributed by atoms with Gasteiger partial charge in [0.2, 0.25) is 0 Å². The van der Waals surface area contributed by atoms with Gasteiger partial charge in [0.15, 0.2) is 6.10 Å². The first-order valence-electron chi connectivity index (χ1n) is 9.16. The van der Waals surface area contributed by atoms with Gasteiger partial charge in [0.25, 0.3) is 15.9 Å². The highest BCUT2D eigenvalue weighted by atomic mass is 35.5. The Morgan fingerprint density at radius 1 is 0.967 bits per heavy atom. The third kappa shape index (κ3) is 5.52. The summed E-state index contributed by atoms with van der Waals surface area (Å²) < 4.78 is 33.2. The van der Waals surface area contributed by atoms with E-state index in [1.54, 1.807) is 31.2 Å². The second kappa shape index (κ2) is 9.19. The predicted molar refractivity (Wildman–Crippen MR) is 119 cm³/mol. The fraction of sp³-hybridized carbons (Fsp3) is 0.136. The topological polar surface area (TPSA) is 84.5 Å². The monoisotopic (exact) mass is 444 g/mol. The third-order valence-corrected chi connectivity index (χ3v) is 5.91. The molecular weight excluding hydrogens is 424 g/mol. The van der Waals surface area contributed by atoms with Crippen molar-refractivity contribution in [3.8, 4) is 5.75 Å². The third-order valence-electron chi connectivity index (χ3n) is 4.28. The Bertz CT molecular complexity index is 1150. The molecule has 3 aromatic rings. The lowest BCUT2D eigenvalue weighted by Gasteiger charge is -2.16. The van der Waals surface area contributed by atoms with Gasteiger partial charge in [-0.3, -0.25) is 9.52 Å². The minimum Gasteiger partial charge on any atom is -0.481 e. The summed E-state index contributed by atoms with van der Waals surface area (Å²) >= 11 is 5.89. The first kappa shape index (κ1) is 21.7. The summed E-state index contributed by atoms with van der Waals surface area (Å²) in [5.74, 6) is 0.291. The molecule has 156 valence electrons. The standard InChI is InChI=1S/C22H21ClN2O4S/c1-15-6-3-4-9-21(15)29-16(2)22(26)24-18-10-12-20(13-11-18)30(27,28)25-19-8-5-7-17(23)14-19/h3-14,16,25H,1-2H3,(H,24,26)/t16-/m0/s1. The highest BCUT2D eigenvalue weighted by molar-refractivity contribution is 7.92. The van der Waals surface area contributed by atoms with Crippen molar-refractivity contribution in [1.29, 1.82) is 0 Å². The van der Waals surface area contributed by atoms with Gasteiger partial charge < -0.3 is 10.1 Å². The van der Waals surface area contributed by atoms with E-state index in [2.05, 4.69) is 10.0 Å². The zero-order valence-electron chi connectivity index (χ0n) is 16.4. The number of anilines is 2. The molecule has 0 bridgehead atoms. The lowest BCUT2D eigenvalue weighted by atomic mass is 10.2. The number of sulfonamides is 1. The Morgan fingerprint density at radius 2 is 1.67 bits per heavy atom. The minimum absolute atomic E-state index is 0.0599. The predicted octanol–water partition coefficient (Wildman–Crippen LogP) is 4.86. The molecule has 0 unspecified atom stereocenters. The van der Waals surface area contributed by atoms with Crippen molar-refractivity contribution in [2.24, 2.45) is 0 Å². The molecule has 1 atom stereocenters. The van der Waals surface area contributed by atoms with Crippen LogP contribution in [0.15, 0.2) is 77.7 Å². The Morgan fingerprint density at radius 3 is 2.33 bits per heavy atom. The highest BCUT2D eigenvalue weighted by Crippen LogP contribution is 2.21. The molecule has 0 radical (unpaired) electrons. The minimum atomic E-state index is -3.78. The molecule has 0 aliphatic heterocycles. The Balaban J connectivity index is 1.65. The molecule has 2 N–H and O–H groups in total. The first-order chi connectivity index (χ1) is 14.2. The number of benzene rings is 3. The van der Waals surface area contributed by atoms with Gasteiger partial charge in [-0.25, -0.2) is 8.42 Å². The van der Waals surface area contributed by atoms with Gasteiger partial charge in [-0.05, 0) is 67.9 Å². The maximum Gasteiger partial charge on any atom is 0.265 e. The molecule has 0 saturated carbocycles. The fourth-order valence-corrected chi connectivity index (χ4v) is 3.90. The van der Waals surface area contributed by atoms with Crippen molar-refractivity contribution in [2.75, 3.05) is 10.0 Å². The van der Waals surface area contributed by atoms with Crippen LogP contribution in [0, 0.1) is 6.92 Å². The van der Waals surface area contributed by atoms with E-state index < -0.39 is 16.1 Å². The average Bonchev–Trinajstić information content (AvgIpc) is 2.70. The largest absolute Gasteiger partial charge is 0.481 e. The molecule has 0 heterocycles. The molecule has 0 fully saturated rings. The maximum absolute atomic E-state index is 12.5. The normalized spacial score (nSPS) is 12.1. The van der Waals surface area contributed by atoms with Crippen molar-refractivity contribution in [3.63, 3.8) is 0 Å². The molecule has 3 rings (SSSR count). The van der Waals surface area contributed by atoms with Crippen molar-refractivity contribution in [3.05, 3.63) is 83.4 Å². The molecule has 1 amide bonds. The first-order valence-corrected chi connectivity index (χ1v) is 11.0. The van der Waals surface area contributed by atoms with E-state index in [9.17, 15) is 13.2 Å². The maximum atomic E-state index is 12.5. The number of ether oxygens (including phenoxy) is 1. The van der Waals surface area contributed by atoms with Crippen LogP contribution in [0.1, 0.15) is 12.5 Å². The molecule has 0 saturated heterocycles. The number of para-hydroxylation sites is 1. The van der Waals surface area contributed by atoms with Crippen LogP contribution in [0.4, 0.5) is 11.4 Å². The van der Waals surface area contributed by atoms with Gasteiger partial charge in [-0.15, -0.1) is 0 Å². The second-order valence-electron chi connectivity index (χ2n) is 6.66. The summed E-state index contributed by atoms with van der Waals surface area (Å²) in [5, 5.41) is 3.15. The molecule has 0 aromatic heterocycles. The van der Waals surface area contributed by atoms with Gasteiger partial charge in [-0.1, -0.05) is 35.9 Å². The molecule has 0 aliphatic carbocycles. The lowest BCUT2D eigenvalue weighted by molar-refractivity contribution is -0.122. The lowest BCUT2D eigenvalue weighted by Crippen LogP contribution is -2.30. The van der Waals surface area contributed by atoms with Crippen LogP contribution in [0.25, 0.3) is 0 Å². The smallest absolute Gasteiger partial charge is 0.265 e. The van der Waals surface area contributed by atoms with Crippen molar-refractivity contribution in [2.45, 2.75) is 24.8 Å². The summed E-state index contributed by atoms with van der Waals surface area (Å²) in [7, 11) is -3.78. The summed E-state index contributed by atoms with van der Waals surface area (Å²) in [6.45, 7) is 3.55. The molecule has 3 aromatic carbocycles. The Hall–Kier alpha value is -3.03. The van der Waals surface area contributed by atoms with Crippen LogP contribution in [-0.2, 0) is 14.8 Å². The number of halogens is 1. The van der Waals surface area contributed by atoms with E-state index in [4.69, 9.17) is 16.3 Å². The Labute approximate surface area is 180 Å². The van der Waals surface area contributed by atoms with Gasteiger partial charge in [-0.2, -0.15) is 0 Å². The highest BCUT2D eigenvalue weighted by Gasteiger charge is 2.17. The van der Waals surface area contributed by atoms with Crippen LogP contribution in [0.2, 0.25) is 5.02 Å². The summed E-state index contributed by atoms with van der Waals surface area (Å²) in [6.07, 6.45) is -0.723. The quantitative estimate of drug-likeness (QED) is 0.545. The van der Waals surface area contributed by atoms with E-state index in [1.807, 2.05) is 25.1 Å². The Kier molecular flexibility index (Phi) is 6.64. The zero-order valence-corrected chi connectivity index (χ0v) is 18.0. The van der Waals surface area contributed by atoms with E-state index in [1.165, 1.54) is 30.3 Å². The number of rotatable bonds is 7. The van der Waals surface area contributed by atoms with Crippen LogP contribution < -0.4 is 14.8 Å². The van der Waals surface area contributed by atoms with Gasteiger partial charge in [0, 0.05) is 10.7 Å². The molecule has 8 heteroatoms. The number of hydrogen-bond acceptors (Lipinski definition) is 4.